The molecule has 9 rings (SSSR count). The van der Waals surface area contributed by atoms with Gasteiger partial charge in [0.15, 0.2) is 11.6 Å². The Morgan fingerprint density at radius 2 is 1.16 bits per heavy atom. The van der Waals surface area contributed by atoms with E-state index in [1.54, 1.807) is 7.11 Å². The van der Waals surface area contributed by atoms with E-state index >= 15 is 0 Å². The molecule has 0 bridgehead atoms. The van der Waals surface area contributed by atoms with Crippen LogP contribution in [-0.4, -0.2) is 103 Å². The van der Waals surface area contributed by atoms with E-state index in [-0.39, 0.29) is 23.4 Å². The molecule has 3 aromatic rings. The number of allylic oxidation sites excluding steroid dienone is 6. The fourth-order valence-corrected chi connectivity index (χ4v) is 14.9. The Labute approximate surface area is 419 Å². The number of Topliss-reactive ketones (excluding diaryl/α,β-unsaturated/α-hetero) is 2. The number of aryl methyl sites for hydroxylation is 2. The van der Waals surface area contributed by atoms with Crippen molar-refractivity contribution in [1.82, 2.24) is 25.0 Å². The number of pyridine rings is 1. The molecule has 2 atom stereocenters. The largest absolute Gasteiger partial charge is 0.481 e. The second-order valence-corrected chi connectivity index (χ2v) is 23.2. The van der Waals surface area contributed by atoms with Gasteiger partial charge in [0.05, 0.1) is 18.2 Å². The highest BCUT2D eigenvalue weighted by Gasteiger charge is 2.35. The lowest BCUT2D eigenvalue weighted by Crippen LogP contribution is -2.35. The number of carbonyl (C=O) groups excluding carboxylic acids is 4. The van der Waals surface area contributed by atoms with Crippen molar-refractivity contribution in [2.45, 2.75) is 138 Å². The van der Waals surface area contributed by atoms with Crippen molar-refractivity contribution in [3.05, 3.63) is 111 Å². The van der Waals surface area contributed by atoms with Crippen LogP contribution in [0, 0.1) is 25.7 Å². The third kappa shape index (κ3) is 11.3. The van der Waals surface area contributed by atoms with Crippen LogP contribution in [0.4, 0.5) is 0 Å². The number of likely N-dealkylation sites (tertiary alicyclic amines) is 1. The van der Waals surface area contributed by atoms with E-state index < -0.39 is 0 Å². The smallest absolute Gasteiger partial charge is 0.255 e. The number of amides is 2. The number of carbonyl (C=O) groups is 4. The Morgan fingerprint density at radius 3 is 1.62 bits per heavy atom. The van der Waals surface area contributed by atoms with Gasteiger partial charge in [-0.1, -0.05) is 37.1 Å². The first kappa shape index (κ1) is 50.9. The number of nitrogens with one attached hydrogen (secondary N) is 1. The van der Waals surface area contributed by atoms with Gasteiger partial charge < -0.3 is 19.9 Å². The van der Waals surface area contributed by atoms with Gasteiger partial charge >= 0.3 is 0 Å². The minimum atomic E-state index is 0.108. The molecule has 0 aromatic carbocycles. The number of methoxy groups -OCH3 is 1. The fraction of sp³-hybridized carbons (Fsp3) is 0.561. The summed E-state index contributed by atoms with van der Waals surface area (Å²) in [5.41, 5.74) is 11.3. The Bertz CT molecular complexity index is 2580. The molecular formula is C57H75N5O5S2. The summed E-state index contributed by atoms with van der Waals surface area (Å²) in [6.07, 6.45) is 15.5. The molecule has 2 saturated heterocycles. The summed E-state index contributed by atoms with van der Waals surface area (Å²) in [5.74, 6) is 3.48. The van der Waals surface area contributed by atoms with E-state index in [4.69, 9.17) is 4.74 Å². The van der Waals surface area contributed by atoms with Crippen molar-refractivity contribution in [2.24, 2.45) is 11.8 Å². The van der Waals surface area contributed by atoms with E-state index in [1.807, 2.05) is 72.4 Å². The molecule has 0 unspecified atom stereocenters. The first-order valence-electron chi connectivity index (χ1n) is 25.7. The van der Waals surface area contributed by atoms with Crippen LogP contribution >= 0.6 is 22.7 Å². The SMILES string of the molecule is CC1=CC(C)=C(CN2CCCc3sc([C@H](C)C4CCNCC4)c(C)c3C2=O)C(=O)C1.COc1cc(CN2CCC([C@@H](C)c3sc4c(c3C)C(=O)N(CC3=C(C)C=C(C)CC3=O)CCC4)CC2)ccn1. The van der Waals surface area contributed by atoms with E-state index in [2.05, 4.69) is 61.1 Å². The lowest BCUT2D eigenvalue weighted by atomic mass is 9.83. The van der Waals surface area contributed by atoms with Gasteiger partial charge in [-0.2, -0.15) is 0 Å². The number of fused-ring (bicyclic) bond motifs is 2. The third-order valence-corrected chi connectivity index (χ3v) is 19.1. The van der Waals surface area contributed by atoms with E-state index in [9.17, 15) is 19.2 Å². The maximum absolute atomic E-state index is 13.8. The lowest BCUT2D eigenvalue weighted by Gasteiger charge is -2.35. The predicted octanol–water partition coefficient (Wildman–Crippen LogP) is 10.9. The van der Waals surface area contributed by atoms with E-state index in [0.29, 0.717) is 62.0 Å². The van der Waals surface area contributed by atoms with Crippen LogP contribution in [0.5, 0.6) is 5.88 Å². The zero-order valence-electron chi connectivity index (χ0n) is 42.8. The molecule has 370 valence electrons. The molecule has 3 aromatic heterocycles. The summed E-state index contributed by atoms with van der Waals surface area (Å²) in [5, 5.41) is 3.46. The minimum Gasteiger partial charge on any atom is -0.481 e. The van der Waals surface area contributed by atoms with Crippen LogP contribution in [0.1, 0.15) is 162 Å². The molecular weight excluding hydrogens is 899 g/mol. The van der Waals surface area contributed by atoms with Crippen molar-refractivity contribution in [3.63, 3.8) is 0 Å². The van der Waals surface area contributed by atoms with Gasteiger partial charge in [-0.15, -0.1) is 22.7 Å². The first-order valence-corrected chi connectivity index (χ1v) is 27.3. The zero-order valence-corrected chi connectivity index (χ0v) is 44.4. The van der Waals surface area contributed by atoms with Crippen LogP contribution in [-0.2, 0) is 29.0 Å². The average Bonchev–Trinajstić information content (AvgIpc) is 3.72. The van der Waals surface area contributed by atoms with Crippen molar-refractivity contribution < 1.29 is 23.9 Å². The van der Waals surface area contributed by atoms with Crippen molar-refractivity contribution in [1.29, 1.82) is 0 Å². The highest BCUT2D eigenvalue weighted by atomic mass is 32.1. The number of ketones is 2. The molecule has 2 fully saturated rings. The summed E-state index contributed by atoms with van der Waals surface area (Å²) in [4.78, 5) is 68.7. The number of hydrogen-bond acceptors (Lipinski definition) is 10. The highest BCUT2D eigenvalue weighted by molar-refractivity contribution is 7.13. The second-order valence-electron chi connectivity index (χ2n) is 20.9. The van der Waals surface area contributed by atoms with Crippen LogP contribution in [0.15, 0.2) is 63.9 Å². The number of nitrogens with zero attached hydrogens (tertiary/aromatic N) is 4. The molecule has 0 spiro atoms. The van der Waals surface area contributed by atoms with Gasteiger partial charge in [0.25, 0.3) is 11.8 Å². The summed E-state index contributed by atoms with van der Waals surface area (Å²) < 4.78 is 5.29. The number of thiophene rings is 2. The first-order chi connectivity index (χ1) is 33.1. The summed E-state index contributed by atoms with van der Waals surface area (Å²) >= 11 is 3.74. The number of piperidine rings is 2. The molecule has 4 aliphatic heterocycles. The maximum Gasteiger partial charge on any atom is 0.255 e. The number of hydrogen-bond donors (Lipinski definition) is 1. The summed E-state index contributed by atoms with van der Waals surface area (Å²) in [7, 11) is 1.66. The molecule has 0 radical (unpaired) electrons. The Hall–Kier alpha value is -4.49. The molecule has 2 amide bonds. The number of rotatable bonds is 11. The standard InChI is InChI=1S/C32H41N3O3S.C25H34N2O2S/c1-20-15-21(2)26(27(36)16-20)19-35-12-6-7-28-30(32(35)37)23(4)31(39-28)22(3)25-9-13-34(14-10-25)18-24-8-11-33-29(17-24)38-5;1-15-12-16(2)20(21(28)13-15)14-27-11-5-6-22-23(25(27)29)18(4)24(30-22)17(3)19-7-9-26-10-8-19/h8,11,15,17,22,25H,6-7,9-10,12-14,16,18-19H2,1-5H3;12,17,19,26H,5-11,13-14H2,1-4H3/t22-;17-/m11/s1. The van der Waals surface area contributed by atoms with Crippen molar-refractivity contribution in [2.75, 3.05) is 59.5 Å². The van der Waals surface area contributed by atoms with Gasteiger partial charge in [-0.3, -0.25) is 24.1 Å². The highest BCUT2D eigenvalue weighted by Crippen LogP contribution is 2.44. The topological polar surface area (TPSA) is 112 Å². The number of aromatic nitrogens is 1. The summed E-state index contributed by atoms with van der Waals surface area (Å²) in [6.45, 7) is 24.6. The third-order valence-electron chi connectivity index (χ3n) is 16.0. The minimum absolute atomic E-state index is 0.108. The summed E-state index contributed by atoms with van der Waals surface area (Å²) in [6, 6.07) is 4.09. The van der Waals surface area contributed by atoms with Gasteiger partial charge in [-0.05, 0) is 177 Å². The quantitative estimate of drug-likeness (QED) is 0.202. The van der Waals surface area contributed by atoms with Crippen LogP contribution in [0.3, 0.4) is 0 Å². The normalized spacial score (nSPS) is 21.0. The lowest BCUT2D eigenvalue weighted by molar-refractivity contribution is -0.116. The predicted molar refractivity (Wildman–Crippen MR) is 280 cm³/mol. The second kappa shape index (κ2) is 22.3. The van der Waals surface area contributed by atoms with E-state index in [1.165, 1.54) is 49.0 Å². The Balaban J connectivity index is 0.000000192. The van der Waals surface area contributed by atoms with Crippen molar-refractivity contribution >= 4 is 46.1 Å². The molecule has 6 aliphatic rings. The molecule has 69 heavy (non-hydrogen) atoms. The molecule has 12 heteroatoms. The molecule has 0 saturated carbocycles. The molecule has 10 nitrogen and oxygen atoms in total. The van der Waals surface area contributed by atoms with Gasteiger partial charge in [-0.25, -0.2) is 4.98 Å². The van der Waals surface area contributed by atoms with Crippen LogP contribution in [0.25, 0.3) is 0 Å². The van der Waals surface area contributed by atoms with Crippen molar-refractivity contribution in [3.8, 4) is 5.88 Å². The van der Waals surface area contributed by atoms with Gasteiger partial charge in [0.2, 0.25) is 5.88 Å². The van der Waals surface area contributed by atoms with Crippen LogP contribution < -0.4 is 10.1 Å². The molecule has 2 aliphatic carbocycles. The fourth-order valence-electron chi connectivity index (χ4n) is 11.9. The Kier molecular flexibility index (Phi) is 16.4. The molecule has 1 N–H and O–H groups in total. The van der Waals surface area contributed by atoms with Gasteiger partial charge in [0.1, 0.15) is 0 Å². The zero-order chi connectivity index (χ0) is 49.1. The van der Waals surface area contributed by atoms with E-state index in [0.717, 1.165) is 122 Å². The molecule has 7 heterocycles. The van der Waals surface area contributed by atoms with Gasteiger partial charge in [0, 0.05) is 88.5 Å². The maximum atomic E-state index is 13.8. The monoisotopic (exact) mass is 974 g/mol. The van der Waals surface area contributed by atoms with Crippen LogP contribution in [0.2, 0.25) is 0 Å². The number of ether oxygens (including phenoxy) is 1. The Morgan fingerprint density at radius 1 is 0.681 bits per heavy atom. The average molecular weight is 974 g/mol.